The highest BCUT2D eigenvalue weighted by Crippen LogP contribution is 2.40. The molecule has 0 fully saturated rings. The number of fused-ring (bicyclic) bond motifs is 1. The Labute approximate surface area is 240 Å². The Bertz CT molecular complexity index is 1140. The number of aliphatic hydroxyl groups excluding tert-OH is 2. The second-order valence-electron chi connectivity index (χ2n) is 10.9. The fourth-order valence-corrected chi connectivity index (χ4v) is 6.23. The summed E-state index contributed by atoms with van der Waals surface area (Å²) in [5, 5.41) is 31.0. The van der Waals surface area contributed by atoms with Crippen molar-refractivity contribution in [2.75, 3.05) is 11.5 Å². The average Bonchev–Trinajstić information content (AvgIpc) is 2.90. The van der Waals surface area contributed by atoms with Gasteiger partial charge >= 0.3 is 12.1 Å². The van der Waals surface area contributed by atoms with E-state index >= 15 is 0 Å². The van der Waals surface area contributed by atoms with Crippen LogP contribution in [0, 0.1) is 5.92 Å². The number of phenolic OH excluding ortho intramolecular Hbond substituents is 1. The lowest BCUT2D eigenvalue weighted by Gasteiger charge is -2.32. The number of para-hydroxylation sites is 1. The Morgan fingerprint density at radius 2 is 1.63 bits per heavy atom. The molecule has 1 aliphatic rings. The number of aliphatic hydroxyl groups is 2. The van der Waals surface area contributed by atoms with Crippen LogP contribution < -0.4 is 4.74 Å². The van der Waals surface area contributed by atoms with Crippen LogP contribution in [0.25, 0.3) is 0 Å². The summed E-state index contributed by atoms with van der Waals surface area (Å²) >= 11 is 0. The number of phenols is 1. The number of benzene rings is 2. The predicted octanol–water partition coefficient (Wildman–Crippen LogP) is 6.65. The molecular weight excluding hydrogens is 567 g/mol. The molecule has 3 N–H and O–H groups in total. The zero-order chi connectivity index (χ0) is 30.2. The van der Waals surface area contributed by atoms with E-state index in [2.05, 4.69) is 13.0 Å². The van der Waals surface area contributed by atoms with E-state index < -0.39 is 47.9 Å². The van der Waals surface area contributed by atoms with Gasteiger partial charge < -0.3 is 20.1 Å². The van der Waals surface area contributed by atoms with Crippen LogP contribution in [0.4, 0.5) is 22.0 Å². The molecule has 0 aliphatic carbocycles. The lowest BCUT2D eigenvalue weighted by Crippen LogP contribution is -2.36. The summed E-state index contributed by atoms with van der Waals surface area (Å²) in [6, 6.07) is 13.5. The molecule has 11 heteroatoms. The highest BCUT2D eigenvalue weighted by molar-refractivity contribution is 7.84. The van der Waals surface area contributed by atoms with Gasteiger partial charge in [-0.3, -0.25) is 4.21 Å². The van der Waals surface area contributed by atoms with Crippen molar-refractivity contribution in [1.29, 1.82) is 0 Å². The number of aromatic hydroxyl groups is 1. The van der Waals surface area contributed by atoms with Crippen LogP contribution >= 0.6 is 0 Å². The molecule has 0 bridgehead atoms. The van der Waals surface area contributed by atoms with E-state index in [1.54, 1.807) is 6.07 Å². The summed E-state index contributed by atoms with van der Waals surface area (Å²) < 4.78 is 80.5. The summed E-state index contributed by atoms with van der Waals surface area (Å²) in [5.41, 5.74) is 2.84. The maximum Gasteiger partial charge on any atom is 0.453 e. The predicted molar refractivity (Wildman–Crippen MR) is 148 cm³/mol. The maximum absolute atomic E-state index is 12.9. The molecule has 3 rings (SSSR count). The normalized spacial score (nSPS) is 19.7. The minimum absolute atomic E-state index is 0.0126. The number of hydrogen-bond donors (Lipinski definition) is 3. The Hall–Kier alpha value is -2.24. The van der Waals surface area contributed by atoms with Gasteiger partial charge in [-0.15, -0.1) is 0 Å². The van der Waals surface area contributed by atoms with Crippen LogP contribution in [0.3, 0.4) is 0 Å². The van der Waals surface area contributed by atoms with Crippen molar-refractivity contribution in [2.24, 2.45) is 5.92 Å². The third-order valence-corrected chi connectivity index (χ3v) is 8.93. The first-order chi connectivity index (χ1) is 19.3. The minimum Gasteiger partial charge on any atom is -0.508 e. The molecule has 0 saturated heterocycles. The average molecular weight is 607 g/mol. The van der Waals surface area contributed by atoms with Gasteiger partial charge in [-0.05, 0) is 80.2 Å². The van der Waals surface area contributed by atoms with E-state index in [-0.39, 0.29) is 42.1 Å². The first kappa shape index (κ1) is 33.3. The van der Waals surface area contributed by atoms with Crippen molar-refractivity contribution in [1.82, 2.24) is 0 Å². The van der Waals surface area contributed by atoms with Crippen LogP contribution in [-0.4, -0.2) is 55.3 Å². The van der Waals surface area contributed by atoms with Crippen molar-refractivity contribution in [2.45, 2.75) is 95.1 Å². The molecule has 230 valence electrons. The van der Waals surface area contributed by atoms with Gasteiger partial charge in [-0.25, -0.2) is 0 Å². The van der Waals surface area contributed by atoms with E-state index in [1.165, 1.54) is 5.56 Å². The van der Waals surface area contributed by atoms with Gasteiger partial charge in [-0.1, -0.05) is 37.3 Å². The van der Waals surface area contributed by atoms with Crippen molar-refractivity contribution < 1.29 is 46.2 Å². The van der Waals surface area contributed by atoms with Crippen LogP contribution in [0.2, 0.25) is 0 Å². The third-order valence-electron chi connectivity index (χ3n) is 7.50. The first-order valence-corrected chi connectivity index (χ1v) is 15.5. The van der Waals surface area contributed by atoms with Gasteiger partial charge in [0.1, 0.15) is 17.6 Å². The van der Waals surface area contributed by atoms with Crippen LogP contribution in [0.5, 0.6) is 11.5 Å². The Balaban J connectivity index is 1.33. The monoisotopic (exact) mass is 606 g/mol. The molecule has 0 radical (unpaired) electrons. The van der Waals surface area contributed by atoms with Gasteiger partial charge in [0, 0.05) is 34.6 Å². The topological polar surface area (TPSA) is 87.0 Å². The van der Waals surface area contributed by atoms with E-state index in [0.717, 1.165) is 23.3 Å². The minimum atomic E-state index is -5.62. The van der Waals surface area contributed by atoms with Crippen molar-refractivity contribution in [3.8, 4) is 11.5 Å². The molecule has 41 heavy (non-hydrogen) atoms. The fraction of sp³-hybridized carbons (Fsp3) is 0.600. The lowest BCUT2D eigenvalue weighted by molar-refractivity contribution is -0.284. The highest BCUT2D eigenvalue weighted by atomic mass is 32.2. The standard InChI is InChI=1S/C30H39F5O5S/c1-20-18-22-6-2-3-9-27(22)40-28(20)23-11-10-21(26(38)19-23)7-4-8-24(36)12-13-25(37)14-17-41(39)16-5-15-29(31,32)30(33,34)35/h2-3,6,9-11,19-20,24-25,28,36-38H,4-5,7-8,12-18H2,1H3. The molecule has 0 amide bonds. The fourth-order valence-electron chi connectivity index (χ4n) is 5.03. The molecule has 5 nitrogen and oxygen atoms in total. The van der Waals surface area contributed by atoms with Gasteiger partial charge in [0.15, 0.2) is 0 Å². The van der Waals surface area contributed by atoms with Gasteiger partial charge in [0.2, 0.25) is 0 Å². The second-order valence-corrected chi connectivity index (χ2v) is 12.6. The summed E-state index contributed by atoms with van der Waals surface area (Å²) in [6.07, 6.45) is -6.11. The van der Waals surface area contributed by atoms with E-state index in [9.17, 15) is 41.5 Å². The molecule has 5 atom stereocenters. The lowest BCUT2D eigenvalue weighted by atomic mass is 9.87. The van der Waals surface area contributed by atoms with E-state index in [4.69, 9.17) is 4.74 Å². The molecule has 1 aliphatic heterocycles. The number of rotatable bonds is 15. The summed E-state index contributed by atoms with van der Waals surface area (Å²) in [6.45, 7) is 2.12. The molecule has 0 aromatic heterocycles. The van der Waals surface area contributed by atoms with Crippen molar-refractivity contribution >= 4 is 10.8 Å². The smallest absolute Gasteiger partial charge is 0.453 e. The van der Waals surface area contributed by atoms with Crippen LogP contribution in [0.1, 0.15) is 74.7 Å². The van der Waals surface area contributed by atoms with Crippen molar-refractivity contribution in [3.05, 3.63) is 59.2 Å². The summed E-state index contributed by atoms with van der Waals surface area (Å²) in [7, 11) is -1.61. The second kappa shape index (κ2) is 14.8. The van der Waals surface area contributed by atoms with Gasteiger partial charge in [0.25, 0.3) is 0 Å². The first-order valence-electron chi connectivity index (χ1n) is 14.0. The number of hydrogen-bond acceptors (Lipinski definition) is 5. The van der Waals surface area contributed by atoms with Crippen molar-refractivity contribution in [3.63, 3.8) is 0 Å². The van der Waals surface area contributed by atoms with Gasteiger partial charge in [0.05, 0.1) is 12.2 Å². The quantitative estimate of drug-likeness (QED) is 0.198. The SMILES string of the molecule is CC1Cc2ccccc2OC1c1ccc(CCCC(O)CCC(O)CCS(=O)CCCC(F)(F)C(F)(F)F)c(O)c1. The third kappa shape index (κ3) is 9.92. The number of aryl methyl sites for hydroxylation is 1. The molecule has 2 aromatic rings. The molecule has 5 unspecified atom stereocenters. The zero-order valence-electron chi connectivity index (χ0n) is 23.1. The van der Waals surface area contributed by atoms with Gasteiger partial charge in [-0.2, -0.15) is 22.0 Å². The Morgan fingerprint density at radius 3 is 2.32 bits per heavy atom. The molecule has 0 spiro atoms. The number of ether oxygens (including phenoxy) is 1. The highest BCUT2D eigenvalue weighted by Gasteiger charge is 2.56. The molecule has 0 saturated carbocycles. The maximum atomic E-state index is 12.9. The van der Waals surface area contributed by atoms with E-state index in [0.29, 0.717) is 25.7 Å². The largest absolute Gasteiger partial charge is 0.508 e. The molecular formula is C30H39F5O5S. The zero-order valence-corrected chi connectivity index (χ0v) is 23.9. The Kier molecular flexibility index (Phi) is 12.0. The molecule has 1 heterocycles. The van der Waals surface area contributed by atoms with Crippen LogP contribution in [-0.2, 0) is 23.6 Å². The molecule has 2 aromatic carbocycles. The Morgan fingerprint density at radius 1 is 0.951 bits per heavy atom. The summed E-state index contributed by atoms with van der Waals surface area (Å²) in [4.78, 5) is 0. The van der Waals surface area contributed by atoms with E-state index in [1.807, 2.05) is 30.3 Å². The number of alkyl halides is 5. The number of halogens is 5. The van der Waals surface area contributed by atoms with Crippen LogP contribution in [0.15, 0.2) is 42.5 Å². The summed E-state index contributed by atoms with van der Waals surface area (Å²) in [5.74, 6) is -3.82.